The van der Waals surface area contributed by atoms with Crippen LogP contribution in [0.15, 0.2) is 28.3 Å². The monoisotopic (exact) mass is 143 g/mol. The van der Waals surface area contributed by atoms with Crippen molar-refractivity contribution < 1.29 is 0 Å². The van der Waals surface area contributed by atoms with Crippen LogP contribution in [0.1, 0.15) is 5.69 Å². The summed E-state index contributed by atoms with van der Waals surface area (Å²) in [5, 5.41) is 0. The van der Waals surface area contributed by atoms with Crippen LogP contribution in [0.3, 0.4) is 0 Å². The molecule has 11 heavy (non-hydrogen) atoms. The number of hydrogen-bond acceptors (Lipinski definition) is 2. The van der Waals surface area contributed by atoms with E-state index < -0.39 is 0 Å². The van der Waals surface area contributed by atoms with Crippen molar-refractivity contribution in [3.63, 3.8) is 0 Å². The van der Waals surface area contributed by atoms with Gasteiger partial charge >= 0.3 is 0 Å². The molecule has 0 fully saturated rings. The lowest BCUT2D eigenvalue weighted by atomic mass is 10.2. The average molecular weight is 143 g/mol. The van der Waals surface area contributed by atoms with Crippen molar-refractivity contribution in [3.05, 3.63) is 24.0 Å². The van der Waals surface area contributed by atoms with Crippen LogP contribution in [-0.2, 0) is 0 Å². The van der Waals surface area contributed by atoms with Gasteiger partial charge in [-0.2, -0.15) is 0 Å². The molecule has 0 amide bonds. The Morgan fingerprint density at radius 2 is 2.36 bits per heavy atom. The number of fused-ring (bicyclic) bond motifs is 3. The fourth-order valence-electron chi connectivity index (χ4n) is 1.39. The second-order valence-electron chi connectivity index (χ2n) is 2.53. The van der Waals surface area contributed by atoms with E-state index in [1.807, 2.05) is 18.3 Å². The Morgan fingerprint density at radius 1 is 1.36 bits per heavy atom. The first-order chi connectivity index (χ1) is 5.45. The van der Waals surface area contributed by atoms with Crippen LogP contribution in [0.4, 0.5) is 5.69 Å². The molecule has 0 spiro atoms. The minimum atomic E-state index is 0.840. The molecule has 0 radical (unpaired) electrons. The lowest BCUT2D eigenvalue weighted by molar-refractivity contribution is 1.37. The highest BCUT2D eigenvalue weighted by Crippen LogP contribution is 2.34. The third kappa shape index (κ3) is 0.487. The van der Waals surface area contributed by atoms with Crippen molar-refractivity contribution in [2.75, 3.05) is 0 Å². The molecule has 3 heteroatoms. The maximum absolute atomic E-state index is 4.29. The molecule has 1 N–H and O–H groups in total. The fourth-order valence-corrected chi connectivity index (χ4v) is 1.39. The molecule has 0 saturated carbocycles. The summed E-state index contributed by atoms with van der Waals surface area (Å²) in [6.45, 7) is 0. The number of nitrogens with zero attached hydrogens (tertiary/aromatic N) is 2. The van der Waals surface area contributed by atoms with Crippen molar-refractivity contribution in [2.45, 2.75) is 0 Å². The largest absolute Gasteiger partial charge is 0.359 e. The summed E-state index contributed by atoms with van der Waals surface area (Å²) in [4.78, 5) is 11.5. The van der Waals surface area contributed by atoms with Crippen molar-refractivity contribution in [1.29, 1.82) is 0 Å². The summed E-state index contributed by atoms with van der Waals surface area (Å²) < 4.78 is 0. The number of amidine groups is 1. The lowest BCUT2D eigenvalue weighted by Crippen LogP contribution is -1.87. The van der Waals surface area contributed by atoms with Gasteiger partial charge in [0.05, 0.1) is 11.4 Å². The van der Waals surface area contributed by atoms with Crippen LogP contribution in [0, 0.1) is 0 Å². The molecular weight excluding hydrogens is 138 g/mol. The van der Waals surface area contributed by atoms with Crippen LogP contribution >= 0.6 is 0 Å². The van der Waals surface area contributed by atoms with Gasteiger partial charge < -0.3 is 4.98 Å². The number of H-pyrrole nitrogens is 1. The second kappa shape index (κ2) is 1.50. The summed E-state index contributed by atoms with van der Waals surface area (Å²) in [5.41, 5.74) is 3.21. The molecule has 1 aromatic heterocycles. The summed E-state index contributed by atoms with van der Waals surface area (Å²) in [6, 6.07) is 1.96. The summed E-state index contributed by atoms with van der Waals surface area (Å²) in [7, 11) is 0. The summed E-state index contributed by atoms with van der Waals surface area (Å²) >= 11 is 0. The van der Waals surface area contributed by atoms with Crippen LogP contribution in [0.25, 0.3) is 5.57 Å². The third-order valence-electron chi connectivity index (χ3n) is 1.90. The molecule has 0 saturated heterocycles. The van der Waals surface area contributed by atoms with Gasteiger partial charge in [0.2, 0.25) is 0 Å². The molecule has 0 aromatic carbocycles. The number of aromatic amines is 1. The number of hydrogen-bond donors (Lipinski definition) is 1. The van der Waals surface area contributed by atoms with E-state index in [0.29, 0.717) is 0 Å². The molecule has 2 aliphatic heterocycles. The van der Waals surface area contributed by atoms with E-state index in [1.165, 1.54) is 0 Å². The molecule has 0 bridgehead atoms. The van der Waals surface area contributed by atoms with Crippen LogP contribution in [0.2, 0.25) is 0 Å². The Labute approximate surface area is 63.2 Å². The highest BCUT2D eigenvalue weighted by Gasteiger charge is 2.22. The smallest absolute Gasteiger partial charge is 0.162 e. The Morgan fingerprint density at radius 3 is 3.36 bits per heavy atom. The van der Waals surface area contributed by atoms with Crippen molar-refractivity contribution in [3.8, 4) is 0 Å². The zero-order valence-corrected chi connectivity index (χ0v) is 5.70. The summed E-state index contributed by atoms with van der Waals surface area (Å²) in [5.74, 6) is 0.840. The first-order valence-corrected chi connectivity index (χ1v) is 3.46. The molecular formula is C8H5N3. The van der Waals surface area contributed by atoms with E-state index in [0.717, 1.165) is 22.8 Å². The van der Waals surface area contributed by atoms with E-state index in [4.69, 9.17) is 0 Å². The number of aromatic nitrogens is 1. The van der Waals surface area contributed by atoms with E-state index >= 15 is 0 Å². The van der Waals surface area contributed by atoms with Gasteiger partial charge in [-0.1, -0.05) is 0 Å². The standard InChI is InChI=1S/C8H5N3/c1-3-10-8-5(1)7-6(11-8)2-4-9-7/h1-4,9H. The minimum absolute atomic E-state index is 0.840. The molecule has 52 valence electrons. The van der Waals surface area contributed by atoms with E-state index in [2.05, 4.69) is 15.0 Å². The van der Waals surface area contributed by atoms with E-state index in [9.17, 15) is 0 Å². The third-order valence-corrected chi connectivity index (χ3v) is 1.90. The zero-order valence-electron chi connectivity index (χ0n) is 5.70. The van der Waals surface area contributed by atoms with Crippen molar-refractivity contribution >= 4 is 23.3 Å². The second-order valence-corrected chi connectivity index (χ2v) is 2.53. The molecule has 0 aliphatic carbocycles. The SMILES string of the molecule is C1=NC2=Nc3cc[nH]c3C2=C1. The van der Waals surface area contributed by atoms with Gasteiger partial charge in [-0.05, 0) is 12.1 Å². The van der Waals surface area contributed by atoms with Crippen LogP contribution in [-0.4, -0.2) is 17.0 Å². The maximum atomic E-state index is 4.29. The number of aliphatic imine (C=N–C) groups is 2. The topological polar surface area (TPSA) is 40.5 Å². The summed E-state index contributed by atoms with van der Waals surface area (Å²) in [6.07, 6.45) is 5.64. The predicted octanol–water partition coefficient (Wildman–Crippen LogP) is 1.53. The first kappa shape index (κ1) is 5.07. The number of rotatable bonds is 0. The van der Waals surface area contributed by atoms with Gasteiger partial charge in [-0.15, -0.1) is 0 Å². The van der Waals surface area contributed by atoms with Gasteiger partial charge in [-0.3, -0.25) is 0 Å². The van der Waals surface area contributed by atoms with Gasteiger partial charge in [0, 0.05) is 18.0 Å². The molecule has 1 aromatic rings. The highest BCUT2D eigenvalue weighted by molar-refractivity contribution is 6.34. The fraction of sp³-hybridized carbons (Fsp3) is 0. The van der Waals surface area contributed by atoms with Gasteiger partial charge in [0.15, 0.2) is 5.84 Å². The lowest BCUT2D eigenvalue weighted by Gasteiger charge is -1.88. The quantitative estimate of drug-likeness (QED) is 0.572. The Balaban J connectivity index is 2.36. The molecule has 3 nitrogen and oxygen atoms in total. The minimum Gasteiger partial charge on any atom is -0.359 e. The zero-order chi connectivity index (χ0) is 7.26. The first-order valence-electron chi connectivity index (χ1n) is 3.46. The van der Waals surface area contributed by atoms with Crippen LogP contribution < -0.4 is 0 Å². The van der Waals surface area contributed by atoms with Gasteiger partial charge in [0.25, 0.3) is 0 Å². The average Bonchev–Trinajstić information content (AvgIpc) is 2.52. The molecule has 0 atom stereocenters. The molecule has 0 unspecified atom stereocenters. The van der Waals surface area contributed by atoms with Crippen LogP contribution in [0.5, 0.6) is 0 Å². The Bertz CT molecular complexity index is 407. The number of nitrogens with one attached hydrogen (secondary N) is 1. The van der Waals surface area contributed by atoms with Gasteiger partial charge in [0.1, 0.15) is 0 Å². The van der Waals surface area contributed by atoms with Crippen molar-refractivity contribution in [1.82, 2.24) is 4.98 Å². The van der Waals surface area contributed by atoms with E-state index in [1.54, 1.807) is 6.21 Å². The Kier molecular flexibility index (Phi) is 0.692. The maximum Gasteiger partial charge on any atom is 0.162 e. The predicted molar refractivity (Wildman–Crippen MR) is 44.4 cm³/mol. The molecule has 3 rings (SSSR count). The van der Waals surface area contributed by atoms with E-state index in [-0.39, 0.29) is 0 Å². The Hall–Kier alpha value is -1.64. The molecule has 2 aliphatic rings. The molecule has 3 heterocycles. The van der Waals surface area contributed by atoms with Gasteiger partial charge in [-0.25, -0.2) is 9.98 Å². The van der Waals surface area contributed by atoms with Crippen molar-refractivity contribution in [2.24, 2.45) is 9.98 Å². The number of allylic oxidation sites excluding steroid dienone is 1. The normalized spacial score (nSPS) is 17.8. The highest BCUT2D eigenvalue weighted by atomic mass is 15.0.